The van der Waals surface area contributed by atoms with Crippen LogP contribution in [0, 0.1) is 0 Å². The standard InChI is InChI=1S/C12H16ClNO/c13-8-12-10-14(6-7-15-12)9-11-4-2-1-3-5-11/h1-5,12H,6-10H2/t12-/m0/s1. The molecule has 1 atom stereocenters. The van der Waals surface area contributed by atoms with Crippen LogP contribution in [-0.4, -0.2) is 36.6 Å². The molecule has 1 aromatic carbocycles. The Bertz CT molecular complexity index is 291. The number of hydrogen-bond acceptors (Lipinski definition) is 2. The molecule has 0 saturated carbocycles. The van der Waals surface area contributed by atoms with Gasteiger partial charge < -0.3 is 4.74 Å². The third-order valence-corrected chi connectivity index (χ3v) is 2.99. The minimum atomic E-state index is 0.198. The summed E-state index contributed by atoms with van der Waals surface area (Å²) >= 11 is 5.80. The topological polar surface area (TPSA) is 12.5 Å². The number of rotatable bonds is 3. The van der Waals surface area contributed by atoms with Gasteiger partial charge in [-0.15, -0.1) is 11.6 Å². The molecule has 0 bridgehead atoms. The molecule has 1 aliphatic rings. The Balaban J connectivity index is 1.89. The number of hydrogen-bond donors (Lipinski definition) is 0. The molecule has 1 saturated heterocycles. The molecule has 0 amide bonds. The number of halogens is 1. The predicted molar refractivity (Wildman–Crippen MR) is 62.2 cm³/mol. The van der Waals surface area contributed by atoms with Gasteiger partial charge >= 0.3 is 0 Å². The second kappa shape index (κ2) is 5.50. The quantitative estimate of drug-likeness (QED) is 0.731. The van der Waals surface area contributed by atoms with Crippen LogP contribution in [-0.2, 0) is 11.3 Å². The van der Waals surface area contributed by atoms with Crippen LogP contribution in [0.5, 0.6) is 0 Å². The van der Waals surface area contributed by atoms with Gasteiger partial charge in [0.25, 0.3) is 0 Å². The molecule has 1 aromatic rings. The van der Waals surface area contributed by atoms with Crippen LogP contribution in [0.15, 0.2) is 30.3 Å². The molecular weight excluding hydrogens is 210 g/mol. The van der Waals surface area contributed by atoms with Gasteiger partial charge in [-0.2, -0.15) is 0 Å². The molecule has 1 aliphatic heterocycles. The van der Waals surface area contributed by atoms with E-state index in [1.54, 1.807) is 0 Å². The summed E-state index contributed by atoms with van der Waals surface area (Å²) in [5.74, 6) is 0.589. The van der Waals surface area contributed by atoms with E-state index in [2.05, 4.69) is 29.2 Å². The monoisotopic (exact) mass is 225 g/mol. The lowest BCUT2D eigenvalue weighted by Crippen LogP contribution is -2.42. The van der Waals surface area contributed by atoms with E-state index in [1.807, 2.05) is 6.07 Å². The molecule has 0 aliphatic carbocycles. The van der Waals surface area contributed by atoms with Crippen LogP contribution < -0.4 is 0 Å². The molecule has 2 rings (SSSR count). The molecule has 0 unspecified atom stereocenters. The molecule has 1 heterocycles. The third-order valence-electron chi connectivity index (χ3n) is 2.64. The van der Waals surface area contributed by atoms with E-state index in [0.717, 1.165) is 26.2 Å². The van der Waals surface area contributed by atoms with Crippen molar-refractivity contribution in [1.29, 1.82) is 0 Å². The van der Waals surface area contributed by atoms with Crippen LogP contribution in [0.4, 0.5) is 0 Å². The average Bonchev–Trinajstić information content (AvgIpc) is 2.31. The maximum Gasteiger partial charge on any atom is 0.0837 e. The van der Waals surface area contributed by atoms with Crippen molar-refractivity contribution in [3.8, 4) is 0 Å². The van der Waals surface area contributed by atoms with E-state index in [-0.39, 0.29) is 6.10 Å². The van der Waals surface area contributed by atoms with Crippen molar-refractivity contribution >= 4 is 11.6 Å². The zero-order valence-electron chi connectivity index (χ0n) is 8.73. The summed E-state index contributed by atoms with van der Waals surface area (Å²) in [6.45, 7) is 3.74. The molecule has 0 radical (unpaired) electrons. The van der Waals surface area contributed by atoms with Crippen molar-refractivity contribution in [3.63, 3.8) is 0 Å². The lowest BCUT2D eigenvalue weighted by Gasteiger charge is -2.31. The van der Waals surface area contributed by atoms with Crippen LogP contribution in [0.2, 0.25) is 0 Å². The molecule has 3 heteroatoms. The number of nitrogens with zero attached hydrogens (tertiary/aromatic N) is 1. The van der Waals surface area contributed by atoms with Crippen LogP contribution in [0.25, 0.3) is 0 Å². The molecule has 15 heavy (non-hydrogen) atoms. The van der Waals surface area contributed by atoms with Gasteiger partial charge in [0, 0.05) is 25.5 Å². The summed E-state index contributed by atoms with van der Waals surface area (Å²) < 4.78 is 5.52. The summed E-state index contributed by atoms with van der Waals surface area (Å²) in [4.78, 5) is 2.39. The smallest absolute Gasteiger partial charge is 0.0837 e. The number of morpholine rings is 1. The van der Waals surface area contributed by atoms with E-state index < -0.39 is 0 Å². The SMILES string of the molecule is ClC[C@H]1CN(Cc2ccccc2)CCO1. The van der Waals surface area contributed by atoms with E-state index in [9.17, 15) is 0 Å². The first-order valence-electron chi connectivity index (χ1n) is 5.32. The van der Waals surface area contributed by atoms with Gasteiger partial charge in [-0.05, 0) is 5.56 Å². The third kappa shape index (κ3) is 3.20. The zero-order valence-corrected chi connectivity index (χ0v) is 9.49. The highest BCUT2D eigenvalue weighted by Crippen LogP contribution is 2.10. The van der Waals surface area contributed by atoms with E-state index in [4.69, 9.17) is 16.3 Å². The van der Waals surface area contributed by atoms with E-state index >= 15 is 0 Å². The number of ether oxygens (including phenoxy) is 1. The summed E-state index contributed by atoms with van der Waals surface area (Å²) in [6, 6.07) is 10.5. The highest BCUT2D eigenvalue weighted by atomic mass is 35.5. The van der Waals surface area contributed by atoms with Crippen molar-refractivity contribution in [3.05, 3.63) is 35.9 Å². The molecule has 2 nitrogen and oxygen atoms in total. The average molecular weight is 226 g/mol. The molecule has 1 fully saturated rings. The first-order valence-corrected chi connectivity index (χ1v) is 5.86. The fraction of sp³-hybridized carbons (Fsp3) is 0.500. The summed E-state index contributed by atoms with van der Waals surface area (Å²) in [5, 5.41) is 0. The second-order valence-electron chi connectivity index (χ2n) is 3.87. The summed E-state index contributed by atoms with van der Waals surface area (Å²) in [6.07, 6.45) is 0.198. The van der Waals surface area contributed by atoms with Gasteiger partial charge in [-0.3, -0.25) is 4.90 Å². The largest absolute Gasteiger partial charge is 0.374 e. The first-order chi connectivity index (χ1) is 7.38. The summed E-state index contributed by atoms with van der Waals surface area (Å²) in [5.41, 5.74) is 1.35. The molecule has 0 N–H and O–H groups in total. The van der Waals surface area contributed by atoms with Gasteiger partial charge in [0.1, 0.15) is 0 Å². The maximum absolute atomic E-state index is 5.80. The van der Waals surface area contributed by atoms with Gasteiger partial charge in [0.05, 0.1) is 12.7 Å². The minimum Gasteiger partial charge on any atom is -0.374 e. The lowest BCUT2D eigenvalue weighted by atomic mass is 10.2. The highest BCUT2D eigenvalue weighted by Gasteiger charge is 2.19. The summed E-state index contributed by atoms with van der Waals surface area (Å²) in [7, 11) is 0. The Hall–Kier alpha value is -0.570. The van der Waals surface area contributed by atoms with Gasteiger partial charge in [-0.25, -0.2) is 0 Å². The normalized spacial score (nSPS) is 22.9. The van der Waals surface area contributed by atoms with Crippen molar-refractivity contribution in [2.75, 3.05) is 25.6 Å². The zero-order chi connectivity index (χ0) is 10.5. The predicted octanol–water partition coefficient (Wildman–Crippen LogP) is 2.13. The first kappa shape index (κ1) is 10.9. The Kier molecular flexibility index (Phi) is 4.01. The number of benzene rings is 1. The Morgan fingerprint density at radius 1 is 1.33 bits per heavy atom. The van der Waals surface area contributed by atoms with Crippen molar-refractivity contribution in [1.82, 2.24) is 4.90 Å². The fourth-order valence-corrected chi connectivity index (χ4v) is 2.05. The van der Waals surface area contributed by atoms with Crippen molar-refractivity contribution in [2.45, 2.75) is 12.6 Å². The van der Waals surface area contributed by atoms with Crippen LogP contribution in [0.1, 0.15) is 5.56 Å². The van der Waals surface area contributed by atoms with Crippen LogP contribution in [0.3, 0.4) is 0 Å². The van der Waals surface area contributed by atoms with E-state index in [1.165, 1.54) is 5.56 Å². The van der Waals surface area contributed by atoms with Gasteiger partial charge in [0.2, 0.25) is 0 Å². The Labute approximate surface area is 95.8 Å². The Morgan fingerprint density at radius 3 is 2.87 bits per heavy atom. The fourth-order valence-electron chi connectivity index (χ4n) is 1.86. The second-order valence-corrected chi connectivity index (χ2v) is 4.18. The van der Waals surface area contributed by atoms with Crippen molar-refractivity contribution < 1.29 is 4.74 Å². The van der Waals surface area contributed by atoms with Gasteiger partial charge in [-0.1, -0.05) is 30.3 Å². The number of alkyl halides is 1. The van der Waals surface area contributed by atoms with E-state index in [0.29, 0.717) is 5.88 Å². The molecule has 0 spiro atoms. The maximum atomic E-state index is 5.80. The Morgan fingerprint density at radius 2 is 2.13 bits per heavy atom. The molecule has 0 aromatic heterocycles. The molecule has 82 valence electrons. The lowest BCUT2D eigenvalue weighted by molar-refractivity contribution is -0.0193. The van der Waals surface area contributed by atoms with Gasteiger partial charge in [0.15, 0.2) is 0 Å². The minimum absolute atomic E-state index is 0.198. The highest BCUT2D eigenvalue weighted by molar-refractivity contribution is 6.18. The molecular formula is C12H16ClNO. The van der Waals surface area contributed by atoms with Crippen molar-refractivity contribution in [2.24, 2.45) is 0 Å². The van der Waals surface area contributed by atoms with Crippen LogP contribution >= 0.6 is 11.6 Å².